The average molecular weight is 452 g/mol. The predicted octanol–water partition coefficient (Wildman–Crippen LogP) is 4.70. The lowest BCUT2D eigenvalue weighted by Gasteiger charge is -2.14. The van der Waals surface area contributed by atoms with Gasteiger partial charge in [-0.15, -0.1) is 0 Å². The van der Waals surface area contributed by atoms with Gasteiger partial charge < -0.3 is 4.57 Å². The van der Waals surface area contributed by atoms with Crippen molar-refractivity contribution in [1.29, 1.82) is 0 Å². The number of amides is 1. The summed E-state index contributed by atoms with van der Waals surface area (Å²) in [5.41, 5.74) is 1.53. The minimum atomic E-state index is -0.518. The fourth-order valence-corrected chi connectivity index (χ4v) is 4.34. The number of carbonyl (C=O) groups is 1. The van der Waals surface area contributed by atoms with Gasteiger partial charge in [0.2, 0.25) is 0 Å². The Hall–Kier alpha value is -3.83. The highest BCUT2D eigenvalue weighted by atomic mass is 32.2. The summed E-state index contributed by atoms with van der Waals surface area (Å²) in [6.07, 6.45) is 3.39. The van der Waals surface area contributed by atoms with Gasteiger partial charge in [-0.25, -0.2) is 0 Å². The van der Waals surface area contributed by atoms with E-state index in [1.807, 2.05) is 0 Å². The molecular formula is C20H12N4O5S2. The molecule has 1 aliphatic rings. The third kappa shape index (κ3) is 3.96. The van der Waals surface area contributed by atoms with Crippen LogP contribution in [0.25, 0.3) is 11.8 Å². The van der Waals surface area contributed by atoms with E-state index in [1.54, 1.807) is 41.1 Å². The van der Waals surface area contributed by atoms with E-state index in [9.17, 15) is 25.0 Å². The number of hydrogen-bond donors (Lipinski definition) is 0. The SMILES string of the molecule is O=C1/C(=C\c2cccn2-c2cccc([N+](=O)[O-])c2)SC(=S)N1c1ccc([N+](=O)[O-])cc1. The average Bonchev–Trinajstić information content (AvgIpc) is 3.32. The Balaban J connectivity index is 1.65. The van der Waals surface area contributed by atoms with Crippen molar-refractivity contribution in [2.24, 2.45) is 0 Å². The molecule has 0 saturated carbocycles. The predicted molar refractivity (Wildman–Crippen MR) is 121 cm³/mol. The molecule has 0 atom stereocenters. The maximum Gasteiger partial charge on any atom is 0.271 e. The third-order valence-electron chi connectivity index (χ3n) is 4.49. The van der Waals surface area contributed by atoms with Crippen molar-refractivity contribution in [2.45, 2.75) is 0 Å². The summed E-state index contributed by atoms with van der Waals surface area (Å²) in [6.45, 7) is 0. The number of anilines is 1. The van der Waals surface area contributed by atoms with Crippen molar-refractivity contribution >= 4 is 57.3 Å². The van der Waals surface area contributed by atoms with Crippen LogP contribution in [0.5, 0.6) is 0 Å². The summed E-state index contributed by atoms with van der Waals surface area (Å²) in [5, 5.41) is 21.9. The zero-order chi connectivity index (χ0) is 22.1. The van der Waals surface area contributed by atoms with Crippen LogP contribution in [0, 0.1) is 20.2 Å². The highest BCUT2D eigenvalue weighted by Crippen LogP contribution is 2.36. The summed E-state index contributed by atoms with van der Waals surface area (Å²) in [4.78, 5) is 35.6. The number of carbonyl (C=O) groups excluding carboxylic acids is 1. The first-order valence-electron chi connectivity index (χ1n) is 8.80. The highest BCUT2D eigenvalue weighted by molar-refractivity contribution is 8.27. The van der Waals surface area contributed by atoms with Gasteiger partial charge in [-0.3, -0.25) is 29.9 Å². The number of benzene rings is 2. The molecule has 1 aliphatic heterocycles. The van der Waals surface area contributed by atoms with Crippen LogP contribution >= 0.6 is 24.0 Å². The second-order valence-corrected chi connectivity index (χ2v) is 8.05. The van der Waals surface area contributed by atoms with E-state index in [0.29, 0.717) is 26.3 Å². The topological polar surface area (TPSA) is 112 Å². The molecule has 9 nitrogen and oxygen atoms in total. The van der Waals surface area contributed by atoms with Crippen LogP contribution in [0.1, 0.15) is 5.69 Å². The monoisotopic (exact) mass is 452 g/mol. The van der Waals surface area contributed by atoms with Crippen LogP contribution in [-0.2, 0) is 4.79 Å². The van der Waals surface area contributed by atoms with Crippen LogP contribution < -0.4 is 4.90 Å². The molecule has 0 N–H and O–H groups in total. The zero-order valence-electron chi connectivity index (χ0n) is 15.6. The van der Waals surface area contributed by atoms with Crippen molar-refractivity contribution in [2.75, 3.05) is 4.90 Å². The van der Waals surface area contributed by atoms with Gasteiger partial charge >= 0.3 is 0 Å². The molecule has 2 heterocycles. The first kappa shape index (κ1) is 20.4. The van der Waals surface area contributed by atoms with Gasteiger partial charge in [0.15, 0.2) is 4.32 Å². The van der Waals surface area contributed by atoms with Gasteiger partial charge in [-0.05, 0) is 36.4 Å². The maximum atomic E-state index is 13.0. The Morgan fingerprint density at radius 3 is 2.29 bits per heavy atom. The quantitative estimate of drug-likeness (QED) is 0.239. The van der Waals surface area contributed by atoms with Crippen LogP contribution in [0.15, 0.2) is 71.8 Å². The van der Waals surface area contributed by atoms with E-state index in [1.165, 1.54) is 41.3 Å². The van der Waals surface area contributed by atoms with E-state index < -0.39 is 9.85 Å². The van der Waals surface area contributed by atoms with E-state index >= 15 is 0 Å². The molecule has 154 valence electrons. The summed E-state index contributed by atoms with van der Waals surface area (Å²) in [7, 11) is 0. The minimum Gasteiger partial charge on any atom is -0.317 e. The second kappa shape index (κ2) is 8.13. The van der Waals surface area contributed by atoms with Gasteiger partial charge in [0.05, 0.1) is 26.1 Å². The fourth-order valence-electron chi connectivity index (χ4n) is 3.05. The van der Waals surface area contributed by atoms with Crippen molar-refractivity contribution < 1.29 is 14.6 Å². The smallest absolute Gasteiger partial charge is 0.271 e. The lowest BCUT2D eigenvalue weighted by Crippen LogP contribution is -2.27. The fraction of sp³-hybridized carbons (Fsp3) is 0. The number of thiocarbonyl (C=S) groups is 1. The molecule has 0 bridgehead atoms. The number of aromatic nitrogens is 1. The zero-order valence-corrected chi connectivity index (χ0v) is 17.2. The number of nitrogens with zero attached hydrogens (tertiary/aromatic N) is 4. The molecule has 11 heteroatoms. The van der Waals surface area contributed by atoms with E-state index in [4.69, 9.17) is 12.2 Å². The summed E-state index contributed by atoms with van der Waals surface area (Å²) in [6, 6.07) is 15.3. The van der Waals surface area contributed by atoms with Gasteiger partial charge in [0.25, 0.3) is 17.3 Å². The van der Waals surface area contributed by atoms with Crippen LogP contribution in [0.3, 0.4) is 0 Å². The molecule has 2 aromatic carbocycles. The van der Waals surface area contributed by atoms with E-state index in [-0.39, 0.29) is 17.3 Å². The van der Waals surface area contributed by atoms with Crippen molar-refractivity contribution in [3.63, 3.8) is 0 Å². The Morgan fingerprint density at radius 2 is 1.61 bits per heavy atom. The first-order chi connectivity index (χ1) is 14.8. The van der Waals surface area contributed by atoms with Crippen molar-refractivity contribution in [3.8, 4) is 5.69 Å². The van der Waals surface area contributed by atoms with E-state index in [2.05, 4.69) is 0 Å². The Bertz CT molecular complexity index is 1270. The molecule has 0 radical (unpaired) electrons. The molecule has 1 fully saturated rings. The molecule has 1 amide bonds. The lowest BCUT2D eigenvalue weighted by atomic mass is 10.2. The molecule has 1 saturated heterocycles. The lowest BCUT2D eigenvalue weighted by molar-refractivity contribution is -0.385. The molecule has 0 aliphatic carbocycles. The van der Waals surface area contributed by atoms with Crippen molar-refractivity contribution in [3.05, 3.63) is 97.7 Å². The van der Waals surface area contributed by atoms with Crippen LogP contribution in [-0.4, -0.2) is 24.6 Å². The number of thioether (sulfide) groups is 1. The number of rotatable bonds is 5. The molecule has 31 heavy (non-hydrogen) atoms. The number of non-ortho nitro benzene ring substituents is 2. The van der Waals surface area contributed by atoms with Gasteiger partial charge in [-0.1, -0.05) is 30.0 Å². The standard InChI is InChI=1S/C20H12N4O5S2/c25-19-18(31-20(30)22(19)13-6-8-14(9-7-13)23(26)27)12-16-5-2-10-21(16)15-3-1-4-17(11-15)24(28)29/h1-12H/b18-12+. The first-order valence-corrected chi connectivity index (χ1v) is 10.0. The van der Waals surface area contributed by atoms with Gasteiger partial charge in [0, 0.05) is 36.2 Å². The molecule has 3 aromatic rings. The van der Waals surface area contributed by atoms with E-state index in [0.717, 1.165) is 11.8 Å². The molecule has 1 aromatic heterocycles. The summed E-state index contributed by atoms with van der Waals surface area (Å²) >= 11 is 6.45. The van der Waals surface area contributed by atoms with Gasteiger partial charge in [-0.2, -0.15) is 0 Å². The number of nitro groups is 2. The normalized spacial score (nSPS) is 15.0. The van der Waals surface area contributed by atoms with Gasteiger partial charge in [0.1, 0.15) is 0 Å². The summed E-state index contributed by atoms with van der Waals surface area (Å²) in [5.74, 6) is -0.351. The molecule has 0 unspecified atom stereocenters. The minimum absolute atomic E-state index is 0.0401. The maximum absolute atomic E-state index is 13.0. The molecule has 4 rings (SSSR count). The van der Waals surface area contributed by atoms with Crippen molar-refractivity contribution in [1.82, 2.24) is 4.57 Å². The number of nitro benzene ring substituents is 2. The summed E-state index contributed by atoms with van der Waals surface area (Å²) < 4.78 is 2.03. The Labute approximate surface area is 184 Å². The largest absolute Gasteiger partial charge is 0.317 e. The highest BCUT2D eigenvalue weighted by Gasteiger charge is 2.33. The molecular weight excluding hydrogens is 440 g/mol. The Morgan fingerprint density at radius 1 is 0.903 bits per heavy atom. The second-order valence-electron chi connectivity index (χ2n) is 6.37. The van der Waals surface area contributed by atoms with Crippen LogP contribution in [0.2, 0.25) is 0 Å². The number of hydrogen-bond acceptors (Lipinski definition) is 7. The Kier molecular flexibility index (Phi) is 5.36. The molecule has 0 spiro atoms. The third-order valence-corrected chi connectivity index (χ3v) is 5.79. The van der Waals surface area contributed by atoms with Crippen LogP contribution in [0.4, 0.5) is 17.1 Å².